The summed E-state index contributed by atoms with van der Waals surface area (Å²) < 4.78 is 7.35. The fourth-order valence-corrected chi connectivity index (χ4v) is 4.58. The van der Waals surface area contributed by atoms with E-state index in [1.807, 2.05) is 29.8 Å². The van der Waals surface area contributed by atoms with E-state index in [4.69, 9.17) is 4.42 Å². The monoisotopic (exact) mass is 508 g/mol. The summed E-state index contributed by atoms with van der Waals surface area (Å²) in [6.07, 6.45) is 2.55. The van der Waals surface area contributed by atoms with Crippen LogP contribution in [0.3, 0.4) is 0 Å². The Morgan fingerprint density at radius 1 is 0.868 bits per heavy atom. The summed E-state index contributed by atoms with van der Waals surface area (Å²) in [5, 5.41) is 12.5. The number of aromatic nitrogens is 1. The van der Waals surface area contributed by atoms with Crippen LogP contribution in [0.5, 0.6) is 0 Å². The van der Waals surface area contributed by atoms with Crippen molar-refractivity contribution in [3.63, 3.8) is 0 Å². The highest BCUT2D eigenvalue weighted by atomic mass is 16.4. The minimum Gasteiger partial charge on any atom is -0.475 e. The van der Waals surface area contributed by atoms with Crippen molar-refractivity contribution in [3.8, 4) is 0 Å². The molecule has 0 aliphatic heterocycles. The molecule has 3 aromatic carbocycles. The van der Waals surface area contributed by atoms with Crippen LogP contribution < -0.4 is 16.2 Å². The van der Waals surface area contributed by atoms with E-state index in [2.05, 4.69) is 17.4 Å². The molecule has 0 bridgehead atoms. The third-order valence-corrected chi connectivity index (χ3v) is 6.57. The standard InChI is InChI=1S/C30H24N2O6/c1-32-20(10-5-9-18-7-3-2-4-8-18)16-25(33)22-15-19(13-14-24(22)32)29(35)31-23-12-6-11-21-26(34)17-27(30(36)37)38-28(21)23/h2-4,6-8,11-17H,5,9-10H2,1H3,(H,31,35)(H,36,37). The lowest BCUT2D eigenvalue weighted by atomic mass is 10.0. The van der Waals surface area contributed by atoms with Crippen molar-refractivity contribution in [3.05, 3.63) is 122 Å². The second-order valence-electron chi connectivity index (χ2n) is 9.05. The Morgan fingerprint density at radius 2 is 1.63 bits per heavy atom. The molecular formula is C30H24N2O6. The van der Waals surface area contributed by atoms with Gasteiger partial charge in [-0.25, -0.2) is 4.79 Å². The zero-order valence-electron chi connectivity index (χ0n) is 20.6. The van der Waals surface area contributed by atoms with Gasteiger partial charge in [0.1, 0.15) is 0 Å². The maximum absolute atomic E-state index is 13.1. The maximum Gasteiger partial charge on any atom is 0.371 e. The van der Waals surface area contributed by atoms with E-state index in [1.165, 1.54) is 23.8 Å². The molecule has 0 saturated heterocycles. The highest BCUT2D eigenvalue weighted by Gasteiger charge is 2.16. The van der Waals surface area contributed by atoms with Crippen LogP contribution in [0.1, 0.15) is 38.6 Å². The smallest absolute Gasteiger partial charge is 0.371 e. The molecule has 0 unspecified atom stereocenters. The summed E-state index contributed by atoms with van der Waals surface area (Å²) >= 11 is 0. The molecule has 5 rings (SSSR count). The van der Waals surface area contributed by atoms with Crippen molar-refractivity contribution >= 4 is 39.4 Å². The summed E-state index contributed by atoms with van der Waals surface area (Å²) in [6, 6.07) is 22.1. The zero-order valence-corrected chi connectivity index (χ0v) is 20.6. The number of aromatic carboxylic acids is 1. The van der Waals surface area contributed by atoms with Gasteiger partial charge >= 0.3 is 5.97 Å². The fourth-order valence-electron chi connectivity index (χ4n) is 4.58. The third kappa shape index (κ3) is 4.84. The summed E-state index contributed by atoms with van der Waals surface area (Å²) in [7, 11) is 1.90. The van der Waals surface area contributed by atoms with Gasteiger partial charge in [0, 0.05) is 35.8 Å². The third-order valence-electron chi connectivity index (χ3n) is 6.57. The van der Waals surface area contributed by atoms with Crippen LogP contribution >= 0.6 is 0 Å². The molecule has 8 heteroatoms. The number of anilines is 1. The van der Waals surface area contributed by atoms with Gasteiger partial charge in [0.2, 0.25) is 5.76 Å². The number of hydrogen-bond acceptors (Lipinski definition) is 5. The Balaban J connectivity index is 1.42. The lowest BCUT2D eigenvalue weighted by Crippen LogP contribution is -2.16. The summed E-state index contributed by atoms with van der Waals surface area (Å²) in [5.74, 6) is -2.45. The molecule has 1 amide bonds. The number of pyridine rings is 1. The molecule has 2 aromatic heterocycles. The first-order valence-corrected chi connectivity index (χ1v) is 12.1. The van der Waals surface area contributed by atoms with Crippen LogP contribution in [0.25, 0.3) is 21.9 Å². The molecule has 2 N–H and O–H groups in total. The second-order valence-corrected chi connectivity index (χ2v) is 9.05. The first kappa shape index (κ1) is 24.7. The topological polar surface area (TPSA) is 119 Å². The number of carbonyl (C=O) groups excluding carboxylic acids is 1. The highest BCUT2D eigenvalue weighted by molar-refractivity contribution is 6.09. The average molecular weight is 509 g/mol. The minimum absolute atomic E-state index is 0.0393. The van der Waals surface area contributed by atoms with Gasteiger partial charge in [-0.2, -0.15) is 0 Å². The Kier molecular flexibility index (Phi) is 6.62. The van der Waals surface area contributed by atoms with Gasteiger partial charge in [0.25, 0.3) is 5.91 Å². The van der Waals surface area contributed by atoms with Crippen LogP contribution in [0.2, 0.25) is 0 Å². The minimum atomic E-state index is -1.39. The second kappa shape index (κ2) is 10.2. The van der Waals surface area contributed by atoms with Crippen LogP contribution in [0.4, 0.5) is 5.69 Å². The van der Waals surface area contributed by atoms with Crippen LogP contribution in [0.15, 0.2) is 92.9 Å². The first-order chi connectivity index (χ1) is 18.3. The Labute approximate surface area is 216 Å². The van der Waals surface area contributed by atoms with Gasteiger partial charge in [-0.3, -0.25) is 14.4 Å². The Morgan fingerprint density at radius 3 is 2.39 bits per heavy atom. The van der Waals surface area contributed by atoms with Crippen LogP contribution in [0, 0.1) is 0 Å². The van der Waals surface area contributed by atoms with Gasteiger partial charge in [-0.1, -0.05) is 36.4 Å². The number of amides is 1. The predicted molar refractivity (Wildman–Crippen MR) is 145 cm³/mol. The molecule has 0 saturated carbocycles. The molecule has 190 valence electrons. The number of para-hydroxylation sites is 1. The maximum atomic E-state index is 13.1. The van der Waals surface area contributed by atoms with E-state index in [-0.39, 0.29) is 27.6 Å². The van der Waals surface area contributed by atoms with Crippen molar-refractivity contribution in [1.29, 1.82) is 0 Å². The van der Waals surface area contributed by atoms with E-state index < -0.39 is 23.1 Å². The van der Waals surface area contributed by atoms with Crippen molar-refractivity contribution in [2.75, 3.05) is 5.32 Å². The summed E-state index contributed by atoms with van der Waals surface area (Å²) in [4.78, 5) is 49.7. The van der Waals surface area contributed by atoms with Crippen molar-refractivity contribution in [2.45, 2.75) is 19.3 Å². The van der Waals surface area contributed by atoms with Gasteiger partial charge in [0.05, 0.1) is 16.6 Å². The van der Waals surface area contributed by atoms with Crippen molar-refractivity contribution < 1.29 is 19.1 Å². The van der Waals surface area contributed by atoms with E-state index in [0.717, 1.165) is 31.0 Å². The number of carbonyl (C=O) groups is 2. The number of nitrogens with one attached hydrogen (secondary N) is 1. The number of aryl methyl sites for hydroxylation is 3. The Hall–Kier alpha value is -4.98. The normalized spacial score (nSPS) is 11.1. The molecule has 0 fully saturated rings. The zero-order chi connectivity index (χ0) is 26.8. The van der Waals surface area contributed by atoms with Crippen molar-refractivity contribution in [2.24, 2.45) is 7.05 Å². The molecule has 0 aliphatic carbocycles. The molecule has 8 nitrogen and oxygen atoms in total. The first-order valence-electron chi connectivity index (χ1n) is 12.1. The quantitative estimate of drug-likeness (QED) is 0.327. The van der Waals surface area contributed by atoms with Gasteiger partial charge < -0.3 is 19.4 Å². The lowest BCUT2D eigenvalue weighted by molar-refractivity contribution is 0.0663. The molecule has 2 heterocycles. The number of benzene rings is 3. The highest BCUT2D eigenvalue weighted by Crippen LogP contribution is 2.24. The van der Waals surface area contributed by atoms with Crippen molar-refractivity contribution in [1.82, 2.24) is 4.57 Å². The predicted octanol–water partition coefficient (Wildman–Crippen LogP) is 4.77. The summed E-state index contributed by atoms with van der Waals surface area (Å²) in [6.45, 7) is 0. The van der Waals surface area contributed by atoms with Gasteiger partial charge in [-0.05, 0) is 55.2 Å². The molecule has 38 heavy (non-hydrogen) atoms. The number of rotatable bonds is 7. The molecule has 0 atom stereocenters. The SMILES string of the molecule is Cn1c(CCCc2ccccc2)cc(=O)c2cc(C(=O)Nc3cccc4c(=O)cc(C(=O)O)oc34)ccc21. The van der Waals surface area contributed by atoms with Gasteiger partial charge in [-0.15, -0.1) is 0 Å². The van der Waals surface area contributed by atoms with E-state index in [0.29, 0.717) is 10.9 Å². The fraction of sp³-hybridized carbons (Fsp3) is 0.133. The molecule has 0 aliphatic rings. The number of hydrogen-bond donors (Lipinski definition) is 2. The molecule has 5 aromatic rings. The number of carboxylic acid groups (broad SMARTS) is 1. The average Bonchev–Trinajstić information content (AvgIpc) is 2.92. The van der Waals surface area contributed by atoms with E-state index >= 15 is 0 Å². The molecular weight excluding hydrogens is 484 g/mol. The molecule has 0 spiro atoms. The summed E-state index contributed by atoms with van der Waals surface area (Å²) in [5.41, 5.74) is 2.51. The van der Waals surface area contributed by atoms with Gasteiger partial charge in [0.15, 0.2) is 16.4 Å². The van der Waals surface area contributed by atoms with E-state index in [1.54, 1.807) is 24.3 Å². The van der Waals surface area contributed by atoms with Crippen LogP contribution in [-0.4, -0.2) is 21.6 Å². The number of carboxylic acids is 1. The van der Waals surface area contributed by atoms with E-state index in [9.17, 15) is 24.3 Å². The lowest BCUT2D eigenvalue weighted by Gasteiger charge is -2.14. The molecule has 0 radical (unpaired) electrons. The number of fused-ring (bicyclic) bond motifs is 2. The Bertz CT molecular complexity index is 1820. The largest absolute Gasteiger partial charge is 0.475 e. The number of nitrogens with zero attached hydrogens (tertiary/aromatic N) is 1. The van der Waals surface area contributed by atoms with Crippen LogP contribution in [-0.2, 0) is 19.9 Å².